The lowest BCUT2D eigenvalue weighted by Gasteiger charge is -2.21. The van der Waals surface area contributed by atoms with Crippen molar-refractivity contribution in [3.05, 3.63) is 0 Å². The van der Waals surface area contributed by atoms with Gasteiger partial charge in [-0.15, -0.1) is 0 Å². The van der Waals surface area contributed by atoms with Crippen LogP contribution in [-0.4, -0.2) is 16.5 Å². The molecule has 0 fully saturated rings. The maximum Gasteiger partial charge on any atom is 0.297 e. The number of carbonyl (C=O) groups excluding carboxylic acids is 1. The third-order valence-corrected chi connectivity index (χ3v) is 3.26. The Morgan fingerprint density at radius 3 is 2.20 bits per heavy atom. The molecular weight excluding hydrogens is 204 g/mol. The van der Waals surface area contributed by atoms with Crippen LogP contribution in [-0.2, 0) is 9.22 Å². The highest BCUT2D eigenvalue weighted by molar-refractivity contribution is 6.06. The fourth-order valence-corrected chi connectivity index (χ4v) is 2.28. The van der Waals surface area contributed by atoms with Crippen molar-refractivity contribution in [1.82, 2.24) is 0 Å². The Labute approximate surface area is 97.3 Å². The molecule has 15 heavy (non-hydrogen) atoms. The third kappa shape index (κ3) is 6.71. The second-order valence-electron chi connectivity index (χ2n) is 4.89. The quantitative estimate of drug-likeness (QED) is 0.473. The predicted molar refractivity (Wildman–Crippen MR) is 67.8 cm³/mol. The van der Waals surface area contributed by atoms with E-state index in [2.05, 4.69) is 6.92 Å². The van der Waals surface area contributed by atoms with E-state index in [9.17, 15) is 4.79 Å². The van der Waals surface area contributed by atoms with Gasteiger partial charge in [0.05, 0.1) is 5.41 Å². The molecule has 0 bridgehead atoms. The van der Waals surface area contributed by atoms with Gasteiger partial charge in [-0.05, 0) is 20.3 Å². The first kappa shape index (κ1) is 14.7. The minimum atomic E-state index is -0.271. The Hall–Kier alpha value is -0.313. The van der Waals surface area contributed by atoms with E-state index in [4.69, 9.17) is 4.43 Å². The van der Waals surface area contributed by atoms with Crippen molar-refractivity contribution in [2.24, 2.45) is 5.41 Å². The summed E-state index contributed by atoms with van der Waals surface area (Å²) in [5.74, 6) is -0.0253. The highest BCUT2D eigenvalue weighted by Crippen LogP contribution is 2.25. The van der Waals surface area contributed by atoms with Gasteiger partial charge in [0.25, 0.3) is 5.97 Å². The molecule has 0 rings (SSSR count). The number of carbonyl (C=O) groups is 1. The summed E-state index contributed by atoms with van der Waals surface area (Å²) in [6.07, 6.45) is 8.62. The Bertz CT molecular complexity index is 178. The molecule has 0 aliphatic rings. The first-order valence-corrected chi connectivity index (χ1v) is 6.94. The van der Waals surface area contributed by atoms with Crippen LogP contribution in [0.25, 0.3) is 0 Å². The lowest BCUT2D eigenvalue weighted by atomic mass is 9.87. The monoisotopic (exact) mass is 230 g/mol. The molecule has 0 atom stereocenters. The van der Waals surface area contributed by atoms with Crippen LogP contribution in [0.1, 0.15) is 65.7 Å². The summed E-state index contributed by atoms with van der Waals surface area (Å²) in [5, 5.41) is 0. The van der Waals surface area contributed by atoms with Gasteiger partial charge in [0.2, 0.25) is 10.5 Å². The SMILES string of the molecule is CCCCCCCCC(C)(C)C(=O)O[SiH3]. The molecule has 0 saturated heterocycles. The summed E-state index contributed by atoms with van der Waals surface area (Å²) in [5.41, 5.74) is -0.271. The maximum atomic E-state index is 11.4. The smallest absolute Gasteiger partial charge is 0.297 e. The fourth-order valence-electron chi connectivity index (χ4n) is 1.73. The normalized spacial score (nSPS) is 11.7. The van der Waals surface area contributed by atoms with Crippen molar-refractivity contribution in [2.45, 2.75) is 65.7 Å². The van der Waals surface area contributed by atoms with Gasteiger partial charge in [-0.2, -0.15) is 0 Å². The minimum absolute atomic E-state index is 0.0253. The molecule has 0 amide bonds. The van der Waals surface area contributed by atoms with Gasteiger partial charge in [0.1, 0.15) is 0 Å². The van der Waals surface area contributed by atoms with Crippen molar-refractivity contribution in [3.8, 4) is 0 Å². The molecule has 0 aliphatic heterocycles. The second-order valence-corrected chi connectivity index (χ2v) is 5.30. The molecule has 0 saturated carbocycles. The largest absolute Gasteiger partial charge is 0.528 e. The average Bonchev–Trinajstić information content (AvgIpc) is 2.22. The van der Waals surface area contributed by atoms with Crippen LogP contribution in [0.4, 0.5) is 0 Å². The summed E-state index contributed by atoms with van der Waals surface area (Å²) in [7, 11) is 0.515. The highest BCUT2D eigenvalue weighted by atomic mass is 28.2. The van der Waals surface area contributed by atoms with E-state index in [-0.39, 0.29) is 11.4 Å². The minimum Gasteiger partial charge on any atom is -0.528 e. The van der Waals surface area contributed by atoms with Gasteiger partial charge in [-0.1, -0.05) is 45.4 Å². The van der Waals surface area contributed by atoms with E-state index >= 15 is 0 Å². The number of hydrogen-bond donors (Lipinski definition) is 0. The summed E-state index contributed by atoms with van der Waals surface area (Å²) >= 11 is 0. The molecule has 0 spiro atoms. The van der Waals surface area contributed by atoms with E-state index in [1.807, 2.05) is 13.8 Å². The first-order chi connectivity index (χ1) is 7.04. The summed E-state index contributed by atoms with van der Waals surface area (Å²) in [6, 6.07) is 0. The fraction of sp³-hybridized carbons (Fsp3) is 0.917. The van der Waals surface area contributed by atoms with Crippen LogP contribution in [0.3, 0.4) is 0 Å². The van der Waals surface area contributed by atoms with Crippen molar-refractivity contribution >= 4 is 16.5 Å². The van der Waals surface area contributed by atoms with Crippen LogP contribution < -0.4 is 0 Å². The van der Waals surface area contributed by atoms with Gasteiger partial charge < -0.3 is 4.43 Å². The molecule has 0 unspecified atom stereocenters. The predicted octanol–water partition coefficient (Wildman–Crippen LogP) is 2.59. The Morgan fingerprint density at radius 2 is 1.67 bits per heavy atom. The van der Waals surface area contributed by atoms with Crippen LogP contribution in [0, 0.1) is 5.41 Å². The third-order valence-electron chi connectivity index (χ3n) is 2.89. The van der Waals surface area contributed by atoms with Crippen molar-refractivity contribution in [1.29, 1.82) is 0 Å². The summed E-state index contributed by atoms with van der Waals surface area (Å²) in [6.45, 7) is 6.20. The maximum absolute atomic E-state index is 11.4. The Morgan fingerprint density at radius 1 is 1.13 bits per heavy atom. The van der Waals surface area contributed by atoms with Gasteiger partial charge in [-0.25, -0.2) is 0 Å². The van der Waals surface area contributed by atoms with E-state index in [0.717, 1.165) is 12.8 Å². The van der Waals surface area contributed by atoms with Gasteiger partial charge in [-0.3, -0.25) is 4.79 Å². The highest BCUT2D eigenvalue weighted by Gasteiger charge is 2.27. The Balaban J connectivity index is 3.53. The van der Waals surface area contributed by atoms with Crippen LogP contribution in [0.2, 0.25) is 0 Å². The van der Waals surface area contributed by atoms with E-state index < -0.39 is 0 Å². The molecule has 0 heterocycles. The zero-order chi connectivity index (χ0) is 11.7. The average molecular weight is 230 g/mol. The van der Waals surface area contributed by atoms with Crippen molar-refractivity contribution < 1.29 is 9.22 Å². The molecule has 0 radical (unpaired) electrons. The van der Waals surface area contributed by atoms with Gasteiger partial charge >= 0.3 is 0 Å². The van der Waals surface area contributed by atoms with E-state index in [0.29, 0.717) is 10.5 Å². The Kier molecular flexibility index (Phi) is 7.75. The zero-order valence-electron chi connectivity index (χ0n) is 10.8. The van der Waals surface area contributed by atoms with Crippen LogP contribution in [0.15, 0.2) is 0 Å². The molecule has 0 N–H and O–H groups in total. The molecule has 0 aromatic carbocycles. The zero-order valence-corrected chi connectivity index (χ0v) is 12.8. The molecular formula is C12H26O2Si. The number of rotatable bonds is 8. The number of unbranched alkanes of at least 4 members (excludes halogenated alkanes) is 5. The van der Waals surface area contributed by atoms with Crippen molar-refractivity contribution in [2.75, 3.05) is 0 Å². The van der Waals surface area contributed by atoms with Gasteiger partial charge in [0.15, 0.2) is 0 Å². The standard InChI is InChI=1S/C12H26O2Si/c1-4-5-6-7-8-9-10-12(2,3)11(13)14-15/h4-10H2,1-3,15H3. The summed E-state index contributed by atoms with van der Waals surface area (Å²) < 4.78 is 4.91. The second kappa shape index (κ2) is 7.91. The lowest BCUT2D eigenvalue weighted by molar-refractivity contribution is -0.144. The van der Waals surface area contributed by atoms with Gasteiger partial charge in [0, 0.05) is 0 Å². The van der Waals surface area contributed by atoms with Crippen molar-refractivity contribution in [3.63, 3.8) is 0 Å². The molecule has 0 aromatic rings. The molecule has 90 valence electrons. The topological polar surface area (TPSA) is 26.3 Å². The molecule has 2 nitrogen and oxygen atoms in total. The summed E-state index contributed by atoms with van der Waals surface area (Å²) in [4.78, 5) is 11.4. The lowest BCUT2D eigenvalue weighted by Crippen LogP contribution is -2.25. The van der Waals surface area contributed by atoms with Crippen LogP contribution in [0.5, 0.6) is 0 Å². The first-order valence-electron chi connectivity index (χ1n) is 6.13. The van der Waals surface area contributed by atoms with E-state index in [1.54, 1.807) is 0 Å². The molecule has 0 aliphatic carbocycles. The van der Waals surface area contributed by atoms with Crippen LogP contribution >= 0.6 is 0 Å². The number of hydrogen-bond acceptors (Lipinski definition) is 2. The molecule has 0 aromatic heterocycles. The molecule has 3 heteroatoms. The van der Waals surface area contributed by atoms with E-state index in [1.165, 1.54) is 32.1 Å².